The minimum Gasteiger partial charge on any atom is -0.359 e. The number of carbonyl (C=O) groups is 1. The van der Waals surface area contributed by atoms with Crippen molar-refractivity contribution in [3.8, 4) is 12.0 Å². The first-order valence-electron chi connectivity index (χ1n) is 10.6. The Morgan fingerprint density at radius 1 is 1.11 bits per heavy atom. The summed E-state index contributed by atoms with van der Waals surface area (Å²) >= 11 is 0. The number of nitrogens with two attached hydrogens (primary N) is 1. The highest BCUT2D eigenvalue weighted by atomic mass is 19.1. The zero-order valence-corrected chi connectivity index (χ0v) is 18.3. The first-order chi connectivity index (χ1) is 12.8. The van der Waals surface area contributed by atoms with Crippen LogP contribution in [0.25, 0.3) is 0 Å². The molecule has 1 amide bonds. The van der Waals surface area contributed by atoms with Crippen LogP contribution in [0.4, 0.5) is 4.39 Å². The van der Waals surface area contributed by atoms with Gasteiger partial charge in [-0.3, -0.25) is 9.69 Å². The molecule has 1 unspecified atom stereocenters. The van der Waals surface area contributed by atoms with Gasteiger partial charge < -0.3 is 10.6 Å². The van der Waals surface area contributed by atoms with Crippen LogP contribution in [0.3, 0.4) is 0 Å². The highest BCUT2D eigenvalue weighted by Crippen LogP contribution is 2.23. The fraction of sp³-hybridized carbons (Fsp3) is 0.864. The lowest BCUT2D eigenvalue weighted by atomic mass is 9.92. The Labute approximate surface area is 167 Å². The van der Waals surface area contributed by atoms with Crippen LogP contribution in [-0.2, 0) is 4.79 Å². The van der Waals surface area contributed by atoms with Crippen molar-refractivity contribution < 1.29 is 9.18 Å². The summed E-state index contributed by atoms with van der Waals surface area (Å²) in [4.78, 5) is 16.6. The Balaban J connectivity index is 4.45. The maximum Gasteiger partial charge on any atom is 0.237 e. The lowest BCUT2D eigenvalue weighted by Gasteiger charge is -2.37. The molecule has 0 saturated carbocycles. The molecule has 1 atom stereocenters. The van der Waals surface area contributed by atoms with E-state index >= 15 is 0 Å². The van der Waals surface area contributed by atoms with Gasteiger partial charge in [-0.1, -0.05) is 51.9 Å². The van der Waals surface area contributed by atoms with Gasteiger partial charge >= 0.3 is 0 Å². The number of nitrogens with zero attached hydrogens (tertiary/aromatic N) is 2. The lowest BCUT2D eigenvalue weighted by molar-refractivity contribution is -0.132. The topological polar surface area (TPSA) is 49.6 Å². The number of carbonyl (C=O) groups excluding carboxylic acids is 1. The molecular formula is C22H42FN3O. The average molecular weight is 384 g/mol. The minimum atomic E-state index is -0.317. The zero-order chi connectivity index (χ0) is 20.7. The third-order valence-corrected chi connectivity index (χ3v) is 5.40. The van der Waals surface area contributed by atoms with E-state index in [0.29, 0.717) is 6.54 Å². The van der Waals surface area contributed by atoms with E-state index in [1.165, 1.54) is 12.8 Å². The third-order valence-electron chi connectivity index (χ3n) is 5.40. The van der Waals surface area contributed by atoms with Crippen LogP contribution in [0.2, 0.25) is 0 Å². The Bertz CT molecular complexity index is 456. The van der Waals surface area contributed by atoms with E-state index in [-0.39, 0.29) is 24.0 Å². The molecule has 0 spiro atoms. The van der Waals surface area contributed by atoms with Gasteiger partial charge in [0.15, 0.2) is 0 Å². The minimum absolute atomic E-state index is 0.0318. The summed E-state index contributed by atoms with van der Waals surface area (Å²) in [5.41, 5.74) is 5.37. The molecule has 0 aliphatic heterocycles. The monoisotopic (exact) mass is 383 g/mol. The average Bonchev–Trinajstić information content (AvgIpc) is 2.64. The summed E-state index contributed by atoms with van der Waals surface area (Å²) in [6.07, 6.45) is 8.21. The van der Waals surface area contributed by atoms with Crippen LogP contribution in [0.15, 0.2) is 0 Å². The Kier molecular flexibility index (Phi) is 14.0. The maximum atomic E-state index is 12.7. The lowest BCUT2D eigenvalue weighted by Crippen LogP contribution is -2.44. The molecule has 0 saturated heterocycles. The van der Waals surface area contributed by atoms with Gasteiger partial charge in [0.25, 0.3) is 0 Å². The first kappa shape index (κ1) is 25.7. The molecule has 0 fully saturated rings. The molecule has 0 aromatic rings. The highest BCUT2D eigenvalue weighted by Gasteiger charge is 2.25. The number of amides is 1. The summed E-state index contributed by atoms with van der Waals surface area (Å²) in [7, 11) is 1.86. The second kappa shape index (κ2) is 14.7. The molecule has 2 N–H and O–H groups in total. The molecule has 0 aromatic carbocycles. The van der Waals surface area contributed by atoms with Crippen molar-refractivity contribution in [2.75, 3.05) is 33.4 Å². The van der Waals surface area contributed by atoms with Crippen LogP contribution in [0, 0.1) is 17.9 Å². The summed E-state index contributed by atoms with van der Waals surface area (Å²) in [6.45, 7) is 10.4. The van der Waals surface area contributed by atoms with Crippen molar-refractivity contribution in [2.24, 2.45) is 11.7 Å². The molecule has 4 nitrogen and oxygen atoms in total. The normalized spacial score (nSPS) is 12.6. The fourth-order valence-corrected chi connectivity index (χ4v) is 3.56. The number of rotatable bonds is 15. The number of alkyl halides is 1. The van der Waals surface area contributed by atoms with Gasteiger partial charge in [-0.2, -0.15) is 0 Å². The molecular weight excluding hydrogens is 341 g/mol. The zero-order valence-electron chi connectivity index (χ0n) is 18.3. The Morgan fingerprint density at radius 3 is 2.37 bits per heavy atom. The Hall–Kier alpha value is -1.28. The van der Waals surface area contributed by atoms with Gasteiger partial charge in [0, 0.05) is 31.7 Å². The maximum absolute atomic E-state index is 12.7. The molecule has 0 aliphatic carbocycles. The van der Waals surface area contributed by atoms with E-state index in [2.05, 4.69) is 44.6 Å². The summed E-state index contributed by atoms with van der Waals surface area (Å²) < 4.78 is 12.7. The van der Waals surface area contributed by atoms with E-state index in [4.69, 9.17) is 5.73 Å². The summed E-state index contributed by atoms with van der Waals surface area (Å²) in [6, 6.07) is 2.43. The number of unbranched alkanes of at least 4 members (excludes halogenated alkanes) is 4. The van der Waals surface area contributed by atoms with Crippen molar-refractivity contribution in [2.45, 2.75) is 84.6 Å². The SMILES string of the molecule is CCCCCCN(C)C(=O)C(C#CN)CCCCC(C)(C)N(CC)CCF. The van der Waals surface area contributed by atoms with E-state index < -0.39 is 0 Å². The fourth-order valence-electron chi connectivity index (χ4n) is 3.56. The van der Waals surface area contributed by atoms with Crippen molar-refractivity contribution in [1.82, 2.24) is 9.80 Å². The first-order valence-corrected chi connectivity index (χ1v) is 10.6. The van der Waals surface area contributed by atoms with Gasteiger partial charge in [0.05, 0.1) is 0 Å². The number of halogens is 1. The van der Waals surface area contributed by atoms with Crippen molar-refractivity contribution >= 4 is 5.91 Å². The molecule has 0 aromatic heterocycles. The molecule has 27 heavy (non-hydrogen) atoms. The second-order valence-electron chi connectivity index (χ2n) is 7.99. The Morgan fingerprint density at radius 2 is 1.81 bits per heavy atom. The van der Waals surface area contributed by atoms with Gasteiger partial charge in [0.2, 0.25) is 5.91 Å². The summed E-state index contributed by atoms with van der Waals surface area (Å²) in [5.74, 6) is 2.66. The third kappa shape index (κ3) is 10.6. The second-order valence-corrected chi connectivity index (χ2v) is 7.99. The van der Waals surface area contributed by atoms with E-state index in [1.54, 1.807) is 4.90 Å². The van der Waals surface area contributed by atoms with E-state index in [0.717, 1.165) is 51.6 Å². The molecule has 0 bridgehead atoms. The molecule has 0 radical (unpaired) electrons. The molecule has 0 aliphatic rings. The molecule has 5 heteroatoms. The predicted octanol–water partition coefficient (Wildman–Crippen LogP) is 4.19. The smallest absolute Gasteiger partial charge is 0.237 e. The molecule has 0 heterocycles. The largest absolute Gasteiger partial charge is 0.359 e. The number of hydrogen-bond donors (Lipinski definition) is 1. The standard InChI is InChI=1S/C22H42FN3O/c1-6-8-9-12-18-25(5)21(27)20(14-17-24)13-10-11-15-22(3,4)26(7-2)19-16-23/h20H,6-13,15-16,18-19,24H2,1-5H3. The van der Waals surface area contributed by atoms with Gasteiger partial charge in [0.1, 0.15) is 12.6 Å². The van der Waals surface area contributed by atoms with Crippen molar-refractivity contribution in [1.29, 1.82) is 0 Å². The van der Waals surface area contributed by atoms with Gasteiger partial charge in [-0.15, -0.1) is 0 Å². The van der Waals surface area contributed by atoms with Crippen LogP contribution >= 0.6 is 0 Å². The summed E-state index contributed by atoms with van der Waals surface area (Å²) in [5, 5.41) is 0. The van der Waals surface area contributed by atoms with E-state index in [1.807, 2.05) is 7.05 Å². The van der Waals surface area contributed by atoms with Crippen LogP contribution in [0.1, 0.15) is 79.1 Å². The van der Waals surface area contributed by atoms with E-state index in [9.17, 15) is 9.18 Å². The van der Waals surface area contributed by atoms with Crippen LogP contribution < -0.4 is 5.73 Å². The van der Waals surface area contributed by atoms with Crippen molar-refractivity contribution in [3.63, 3.8) is 0 Å². The highest BCUT2D eigenvalue weighted by molar-refractivity contribution is 5.81. The predicted molar refractivity (Wildman–Crippen MR) is 113 cm³/mol. The molecule has 0 rings (SSSR count). The van der Waals surface area contributed by atoms with Gasteiger partial charge in [-0.25, -0.2) is 4.39 Å². The van der Waals surface area contributed by atoms with Gasteiger partial charge in [-0.05, 0) is 39.7 Å². The van der Waals surface area contributed by atoms with Crippen molar-refractivity contribution in [3.05, 3.63) is 0 Å². The van der Waals surface area contributed by atoms with Crippen LogP contribution in [0.5, 0.6) is 0 Å². The quantitative estimate of drug-likeness (QED) is 0.262. The number of hydrogen-bond acceptors (Lipinski definition) is 3. The van der Waals surface area contributed by atoms with Crippen LogP contribution in [-0.4, -0.2) is 54.6 Å². The molecule has 158 valence electrons.